The van der Waals surface area contributed by atoms with Crippen LogP contribution in [-0.2, 0) is 4.79 Å². The minimum atomic E-state index is -0.286. The molecule has 0 bridgehead atoms. The summed E-state index contributed by atoms with van der Waals surface area (Å²) < 4.78 is 13.6. The van der Waals surface area contributed by atoms with Crippen LogP contribution in [0, 0.1) is 12.7 Å². The van der Waals surface area contributed by atoms with Gasteiger partial charge in [0.2, 0.25) is 0 Å². The lowest BCUT2D eigenvalue weighted by Gasteiger charge is -2.04. The molecule has 0 saturated carbocycles. The van der Waals surface area contributed by atoms with Gasteiger partial charge in [0.25, 0.3) is 6.47 Å². The Morgan fingerprint density at radius 1 is 1.17 bits per heavy atom. The third-order valence-corrected chi connectivity index (χ3v) is 2.53. The van der Waals surface area contributed by atoms with Crippen LogP contribution in [0.2, 0.25) is 5.02 Å². The number of carboxylic acid groups (broad SMARTS) is 1. The molecule has 2 rings (SSSR count). The maximum Gasteiger partial charge on any atom is 0.290 e. The van der Waals surface area contributed by atoms with Gasteiger partial charge in [0, 0.05) is 10.6 Å². The molecule has 0 aliphatic carbocycles. The number of aryl methyl sites for hydroxylation is 1. The second-order valence-electron chi connectivity index (χ2n) is 3.60. The summed E-state index contributed by atoms with van der Waals surface area (Å²) in [5.74, 6) is -0.286. The van der Waals surface area contributed by atoms with E-state index in [-0.39, 0.29) is 12.3 Å². The van der Waals surface area contributed by atoms with Crippen molar-refractivity contribution in [3.8, 4) is 11.1 Å². The zero-order valence-corrected chi connectivity index (χ0v) is 10.5. The normalized spacial score (nSPS) is 9.28. The van der Waals surface area contributed by atoms with Gasteiger partial charge in [0.1, 0.15) is 5.82 Å². The molecule has 94 valence electrons. The number of hydrogen-bond donors (Lipinski definition) is 1. The molecule has 0 atom stereocenters. The monoisotopic (exact) mass is 266 g/mol. The highest BCUT2D eigenvalue weighted by molar-refractivity contribution is 6.30. The molecule has 0 aliphatic heterocycles. The molecule has 1 N–H and O–H groups in total. The zero-order valence-electron chi connectivity index (χ0n) is 9.73. The largest absolute Gasteiger partial charge is 0.483 e. The van der Waals surface area contributed by atoms with E-state index in [0.717, 1.165) is 11.1 Å². The Morgan fingerprint density at radius 3 is 2.22 bits per heavy atom. The van der Waals surface area contributed by atoms with Gasteiger partial charge < -0.3 is 5.11 Å². The molecule has 4 heteroatoms. The van der Waals surface area contributed by atoms with Crippen molar-refractivity contribution >= 4 is 18.1 Å². The summed E-state index contributed by atoms with van der Waals surface area (Å²) in [5.41, 5.74) is 2.61. The standard InChI is InChI=1S/C13H10ClF.CH2O2/c1-9-2-4-10(5-3-9)12-7-6-11(14)8-13(12)15;2-1-3/h2-8H,1H3;1H,(H,2,3). The Kier molecular flexibility index (Phi) is 5.33. The van der Waals surface area contributed by atoms with Gasteiger partial charge in [0.05, 0.1) is 0 Å². The number of rotatable bonds is 1. The summed E-state index contributed by atoms with van der Waals surface area (Å²) in [7, 11) is 0. The van der Waals surface area contributed by atoms with Crippen molar-refractivity contribution in [2.75, 3.05) is 0 Å². The second kappa shape index (κ2) is 6.77. The average molecular weight is 267 g/mol. The summed E-state index contributed by atoms with van der Waals surface area (Å²) in [6.45, 7) is 1.75. The number of hydrogen-bond acceptors (Lipinski definition) is 1. The molecule has 0 unspecified atom stereocenters. The fourth-order valence-corrected chi connectivity index (χ4v) is 1.62. The highest BCUT2D eigenvalue weighted by Crippen LogP contribution is 2.25. The Morgan fingerprint density at radius 2 is 1.72 bits per heavy atom. The third kappa shape index (κ3) is 3.86. The van der Waals surface area contributed by atoms with E-state index in [1.165, 1.54) is 6.07 Å². The van der Waals surface area contributed by atoms with Gasteiger partial charge in [-0.05, 0) is 30.7 Å². The number of halogens is 2. The molecule has 2 nitrogen and oxygen atoms in total. The van der Waals surface area contributed by atoms with Crippen molar-refractivity contribution in [2.45, 2.75) is 6.92 Å². The van der Waals surface area contributed by atoms with Gasteiger partial charge in [-0.25, -0.2) is 4.39 Å². The van der Waals surface area contributed by atoms with Crippen molar-refractivity contribution in [1.82, 2.24) is 0 Å². The fourth-order valence-electron chi connectivity index (χ4n) is 1.46. The molecule has 18 heavy (non-hydrogen) atoms. The quantitative estimate of drug-likeness (QED) is 0.787. The van der Waals surface area contributed by atoms with Gasteiger partial charge in [-0.3, -0.25) is 4.79 Å². The number of carbonyl (C=O) groups is 1. The Hall–Kier alpha value is -1.87. The molecule has 2 aromatic rings. The van der Waals surface area contributed by atoms with Crippen LogP contribution in [0.1, 0.15) is 5.56 Å². The Balaban J connectivity index is 0.000000492. The van der Waals surface area contributed by atoms with Gasteiger partial charge in [-0.15, -0.1) is 0 Å². The second-order valence-corrected chi connectivity index (χ2v) is 4.03. The molecule has 0 heterocycles. The van der Waals surface area contributed by atoms with E-state index in [0.29, 0.717) is 10.6 Å². The van der Waals surface area contributed by atoms with E-state index in [9.17, 15) is 4.39 Å². The highest BCUT2D eigenvalue weighted by Gasteiger charge is 2.04. The zero-order chi connectivity index (χ0) is 13.5. The van der Waals surface area contributed by atoms with E-state index >= 15 is 0 Å². The lowest BCUT2D eigenvalue weighted by atomic mass is 10.0. The van der Waals surface area contributed by atoms with Crippen LogP contribution < -0.4 is 0 Å². The van der Waals surface area contributed by atoms with Crippen LogP contribution >= 0.6 is 11.6 Å². The smallest absolute Gasteiger partial charge is 0.290 e. The molecule has 0 radical (unpaired) electrons. The predicted octanol–water partition coefficient (Wildman–Crippen LogP) is 4.16. The minimum Gasteiger partial charge on any atom is -0.483 e. The van der Waals surface area contributed by atoms with Crippen LogP contribution in [0.4, 0.5) is 4.39 Å². The first-order chi connectivity index (χ1) is 8.58. The molecule has 0 fully saturated rings. The molecule has 0 saturated heterocycles. The first-order valence-electron chi connectivity index (χ1n) is 5.18. The van der Waals surface area contributed by atoms with Crippen LogP contribution in [0.3, 0.4) is 0 Å². The van der Waals surface area contributed by atoms with Crippen LogP contribution in [0.15, 0.2) is 42.5 Å². The predicted molar refractivity (Wildman–Crippen MR) is 70.3 cm³/mol. The topological polar surface area (TPSA) is 37.3 Å². The summed E-state index contributed by atoms with van der Waals surface area (Å²) in [6.07, 6.45) is 0. The van der Waals surface area contributed by atoms with Crippen molar-refractivity contribution in [3.05, 3.63) is 58.9 Å². The van der Waals surface area contributed by atoms with Crippen molar-refractivity contribution in [3.63, 3.8) is 0 Å². The summed E-state index contributed by atoms with van der Waals surface area (Å²) in [5, 5.41) is 7.31. The maximum absolute atomic E-state index is 13.6. The van der Waals surface area contributed by atoms with Crippen molar-refractivity contribution < 1.29 is 14.3 Å². The third-order valence-electron chi connectivity index (χ3n) is 2.29. The first kappa shape index (κ1) is 14.2. The van der Waals surface area contributed by atoms with Gasteiger partial charge in [-0.2, -0.15) is 0 Å². The van der Waals surface area contributed by atoms with Crippen LogP contribution in [0.25, 0.3) is 11.1 Å². The highest BCUT2D eigenvalue weighted by atomic mass is 35.5. The van der Waals surface area contributed by atoms with Gasteiger partial charge in [-0.1, -0.05) is 41.4 Å². The molecule has 0 aliphatic rings. The fraction of sp³-hybridized carbons (Fsp3) is 0.0714. The van der Waals surface area contributed by atoms with Crippen LogP contribution in [-0.4, -0.2) is 11.6 Å². The van der Waals surface area contributed by atoms with E-state index in [1.807, 2.05) is 31.2 Å². The summed E-state index contributed by atoms with van der Waals surface area (Å²) in [4.78, 5) is 8.36. The van der Waals surface area contributed by atoms with E-state index in [1.54, 1.807) is 12.1 Å². The average Bonchev–Trinajstić information content (AvgIpc) is 2.32. The molecule has 0 aromatic heterocycles. The lowest BCUT2D eigenvalue weighted by molar-refractivity contribution is -0.122. The molecule has 0 amide bonds. The van der Waals surface area contributed by atoms with Crippen molar-refractivity contribution in [1.29, 1.82) is 0 Å². The first-order valence-corrected chi connectivity index (χ1v) is 5.56. The molecule has 2 aromatic carbocycles. The minimum absolute atomic E-state index is 0.250. The van der Waals surface area contributed by atoms with E-state index < -0.39 is 0 Å². The van der Waals surface area contributed by atoms with Gasteiger partial charge >= 0.3 is 0 Å². The summed E-state index contributed by atoms with van der Waals surface area (Å²) >= 11 is 5.69. The Labute approximate surface area is 110 Å². The Bertz CT molecular complexity index is 524. The lowest BCUT2D eigenvalue weighted by Crippen LogP contribution is -1.84. The molecule has 0 spiro atoms. The summed E-state index contributed by atoms with van der Waals surface area (Å²) in [6, 6.07) is 12.5. The molecular formula is C14H12ClFO2. The van der Waals surface area contributed by atoms with E-state index in [4.69, 9.17) is 21.5 Å². The van der Waals surface area contributed by atoms with Gasteiger partial charge in [0.15, 0.2) is 0 Å². The number of benzene rings is 2. The molecular weight excluding hydrogens is 255 g/mol. The SMILES string of the molecule is Cc1ccc(-c2ccc(Cl)cc2F)cc1.O=CO. The van der Waals surface area contributed by atoms with Crippen molar-refractivity contribution in [2.24, 2.45) is 0 Å². The maximum atomic E-state index is 13.6. The van der Waals surface area contributed by atoms with E-state index in [2.05, 4.69) is 0 Å². The van der Waals surface area contributed by atoms with Crippen LogP contribution in [0.5, 0.6) is 0 Å².